The Bertz CT molecular complexity index is 1500. The van der Waals surface area contributed by atoms with E-state index in [1.807, 2.05) is 16.7 Å². The summed E-state index contributed by atoms with van der Waals surface area (Å²) in [6.45, 7) is 6.49. The molecule has 2 aromatic heterocycles. The van der Waals surface area contributed by atoms with Gasteiger partial charge in [-0.2, -0.15) is 0 Å². The molecular weight excluding hydrogens is 452 g/mol. The lowest BCUT2D eigenvalue weighted by molar-refractivity contribution is 0.174. The van der Waals surface area contributed by atoms with Gasteiger partial charge in [0, 0.05) is 66.3 Å². The molecule has 0 bridgehead atoms. The van der Waals surface area contributed by atoms with Crippen LogP contribution in [0.25, 0.3) is 21.8 Å². The highest BCUT2D eigenvalue weighted by Crippen LogP contribution is 2.36. The maximum atomic E-state index is 13.9. The fraction of sp³-hybridized carbons (Fsp3) is 0.414. The minimum absolute atomic E-state index is 0.112. The Morgan fingerprint density at radius 2 is 1.72 bits per heavy atom. The highest BCUT2D eigenvalue weighted by Gasteiger charge is 2.23. The van der Waals surface area contributed by atoms with E-state index < -0.39 is 0 Å². The van der Waals surface area contributed by atoms with E-state index in [9.17, 15) is 4.79 Å². The summed E-state index contributed by atoms with van der Waals surface area (Å²) in [5, 5.41) is 2.37. The molecule has 0 saturated carbocycles. The molecule has 1 N–H and O–H groups in total. The van der Waals surface area contributed by atoms with Gasteiger partial charge < -0.3 is 23.9 Å². The Hall–Kier alpha value is -3.29. The summed E-state index contributed by atoms with van der Waals surface area (Å²) in [5.74, 6) is 1.49. The van der Waals surface area contributed by atoms with Gasteiger partial charge in [0.15, 0.2) is 11.5 Å². The normalized spacial score (nSPS) is 18.2. The highest BCUT2D eigenvalue weighted by atomic mass is 16.7. The van der Waals surface area contributed by atoms with E-state index >= 15 is 0 Å². The first-order chi connectivity index (χ1) is 17.7. The first-order valence-corrected chi connectivity index (χ1v) is 13.2. The Balaban J connectivity index is 1.21. The van der Waals surface area contributed by atoms with Crippen molar-refractivity contribution in [3.8, 4) is 11.5 Å². The average molecular weight is 485 g/mol. The molecule has 186 valence electrons. The number of hydrogen-bond donors (Lipinski definition) is 1. The standard InChI is InChI=1S/C29H32N4O3/c34-29-21(17-32-11-8-23-22-6-2-3-7-24(22)30-25(23)18-32)14-20-15-27-28(36-19-35-27)16-26(20)33(29)13-12-31-9-4-1-5-10-31/h2-3,6-7,14-16,30H,1,4-5,8-13,17-19H2. The van der Waals surface area contributed by atoms with Crippen LogP contribution in [0.15, 0.2) is 47.3 Å². The number of likely N-dealkylation sites (tertiary alicyclic amines) is 1. The number of nitrogens with one attached hydrogen (secondary N) is 1. The van der Waals surface area contributed by atoms with E-state index in [4.69, 9.17) is 9.47 Å². The van der Waals surface area contributed by atoms with Crippen LogP contribution in [-0.4, -0.2) is 52.3 Å². The number of rotatable bonds is 5. The maximum absolute atomic E-state index is 13.9. The first kappa shape index (κ1) is 21.9. The predicted molar refractivity (Wildman–Crippen MR) is 141 cm³/mol. The van der Waals surface area contributed by atoms with Gasteiger partial charge in [-0.1, -0.05) is 24.6 Å². The number of aromatic amines is 1. The second-order valence-corrected chi connectivity index (χ2v) is 10.4. The Morgan fingerprint density at radius 3 is 2.61 bits per heavy atom. The second kappa shape index (κ2) is 8.98. The second-order valence-electron chi connectivity index (χ2n) is 10.4. The van der Waals surface area contributed by atoms with Crippen LogP contribution in [0.4, 0.5) is 0 Å². The molecule has 3 aliphatic heterocycles. The number of ether oxygens (including phenoxy) is 2. The molecule has 0 atom stereocenters. The molecule has 7 heteroatoms. The molecule has 1 saturated heterocycles. The summed E-state index contributed by atoms with van der Waals surface area (Å²) in [4.78, 5) is 22.3. The summed E-state index contributed by atoms with van der Waals surface area (Å²) in [6.07, 6.45) is 4.80. The molecule has 1 fully saturated rings. The predicted octanol–water partition coefficient (Wildman–Crippen LogP) is 4.26. The van der Waals surface area contributed by atoms with Crippen LogP contribution >= 0.6 is 0 Å². The van der Waals surface area contributed by atoms with Gasteiger partial charge in [0.2, 0.25) is 6.79 Å². The summed E-state index contributed by atoms with van der Waals surface area (Å²) in [7, 11) is 0. The molecule has 3 aliphatic rings. The number of hydrogen-bond acceptors (Lipinski definition) is 5. The van der Waals surface area contributed by atoms with Gasteiger partial charge in [-0.3, -0.25) is 9.69 Å². The third kappa shape index (κ3) is 3.87. The molecule has 0 radical (unpaired) electrons. The molecule has 2 aromatic carbocycles. The van der Waals surface area contributed by atoms with Gasteiger partial charge in [-0.15, -0.1) is 0 Å². The fourth-order valence-corrected chi connectivity index (χ4v) is 6.21. The molecule has 0 aliphatic carbocycles. The van der Waals surface area contributed by atoms with Crippen LogP contribution in [-0.2, 0) is 26.1 Å². The number of nitrogens with zero attached hydrogens (tertiary/aromatic N) is 3. The van der Waals surface area contributed by atoms with Crippen LogP contribution in [0.2, 0.25) is 0 Å². The summed E-state index contributed by atoms with van der Waals surface area (Å²) in [6, 6.07) is 14.6. The van der Waals surface area contributed by atoms with E-state index in [0.29, 0.717) is 13.1 Å². The molecule has 0 amide bonds. The van der Waals surface area contributed by atoms with Gasteiger partial charge in [0.1, 0.15) is 0 Å². The van der Waals surface area contributed by atoms with E-state index in [2.05, 4.69) is 45.1 Å². The van der Waals surface area contributed by atoms with Crippen molar-refractivity contribution in [1.29, 1.82) is 0 Å². The summed E-state index contributed by atoms with van der Waals surface area (Å²) < 4.78 is 13.3. The molecule has 36 heavy (non-hydrogen) atoms. The van der Waals surface area contributed by atoms with Gasteiger partial charge in [0.25, 0.3) is 5.56 Å². The zero-order valence-electron chi connectivity index (χ0n) is 20.6. The van der Waals surface area contributed by atoms with Crippen molar-refractivity contribution in [1.82, 2.24) is 19.4 Å². The van der Waals surface area contributed by atoms with E-state index in [-0.39, 0.29) is 12.4 Å². The lowest BCUT2D eigenvalue weighted by atomic mass is 10.0. The Morgan fingerprint density at radius 1 is 0.889 bits per heavy atom. The van der Waals surface area contributed by atoms with Crippen molar-refractivity contribution < 1.29 is 9.47 Å². The van der Waals surface area contributed by atoms with E-state index in [1.54, 1.807) is 0 Å². The molecule has 5 heterocycles. The summed E-state index contributed by atoms with van der Waals surface area (Å²) >= 11 is 0. The molecule has 0 spiro atoms. The first-order valence-electron chi connectivity index (χ1n) is 13.2. The van der Waals surface area contributed by atoms with Crippen molar-refractivity contribution in [2.45, 2.75) is 45.3 Å². The SMILES string of the molecule is O=c1c(CN2CCc3c([nH]c4ccccc34)C2)cc2cc3c(cc2n1CCN1CCCCC1)OCO3. The van der Waals surface area contributed by atoms with Gasteiger partial charge in [-0.25, -0.2) is 0 Å². The molecule has 7 rings (SSSR count). The van der Waals surface area contributed by atoms with Crippen LogP contribution in [0.5, 0.6) is 11.5 Å². The van der Waals surface area contributed by atoms with Crippen molar-refractivity contribution in [3.05, 3.63) is 69.6 Å². The van der Waals surface area contributed by atoms with Gasteiger partial charge in [-0.05, 0) is 56.1 Å². The third-order valence-corrected chi connectivity index (χ3v) is 8.11. The number of benzene rings is 2. The van der Waals surface area contributed by atoms with E-state index in [0.717, 1.165) is 67.1 Å². The summed E-state index contributed by atoms with van der Waals surface area (Å²) in [5.41, 5.74) is 5.79. The molecular formula is C29H32N4O3. The third-order valence-electron chi connectivity index (χ3n) is 8.11. The number of para-hydroxylation sites is 1. The van der Waals surface area contributed by atoms with Crippen LogP contribution in [0.3, 0.4) is 0 Å². The number of fused-ring (bicyclic) bond motifs is 5. The van der Waals surface area contributed by atoms with E-state index in [1.165, 1.54) is 41.4 Å². The van der Waals surface area contributed by atoms with Gasteiger partial charge >= 0.3 is 0 Å². The highest BCUT2D eigenvalue weighted by molar-refractivity contribution is 5.85. The zero-order chi connectivity index (χ0) is 24.1. The lowest BCUT2D eigenvalue weighted by Crippen LogP contribution is -2.37. The number of piperidine rings is 1. The van der Waals surface area contributed by atoms with Crippen molar-refractivity contribution in [3.63, 3.8) is 0 Å². The number of H-pyrrole nitrogens is 1. The Kier molecular flexibility index (Phi) is 5.47. The fourth-order valence-electron chi connectivity index (χ4n) is 6.21. The van der Waals surface area contributed by atoms with Crippen molar-refractivity contribution in [2.75, 3.05) is 33.0 Å². The number of pyridine rings is 1. The zero-order valence-corrected chi connectivity index (χ0v) is 20.6. The van der Waals surface area contributed by atoms with Gasteiger partial charge in [0.05, 0.1) is 5.52 Å². The minimum Gasteiger partial charge on any atom is -0.454 e. The molecule has 4 aromatic rings. The van der Waals surface area contributed by atoms with Crippen LogP contribution < -0.4 is 15.0 Å². The Labute approximate surface area is 210 Å². The smallest absolute Gasteiger partial charge is 0.255 e. The molecule has 7 nitrogen and oxygen atoms in total. The van der Waals surface area contributed by atoms with Crippen LogP contribution in [0.1, 0.15) is 36.1 Å². The lowest BCUT2D eigenvalue weighted by Gasteiger charge is -2.28. The molecule has 0 unspecified atom stereocenters. The number of aromatic nitrogens is 2. The quantitative estimate of drug-likeness (QED) is 0.459. The minimum atomic E-state index is 0.112. The largest absolute Gasteiger partial charge is 0.454 e. The van der Waals surface area contributed by atoms with Crippen molar-refractivity contribution in [2.24, 2.45) is 0 Å². The topological polar surface area (TPSA) is 62.7 Å². The maximum Gasteiger partial charge on any atom is 0.255 e. The average Bonchev–Trinajstić information content (AvgIpc) is 3.52. The van der Waals surface area contributed by atoms with Crippen LogP contribution in [0, 0.1) is 0 Å². The van der Waals surface area contributed by atoms with Crippen molar-refractivity contribution >= 4 is 21.8 Å². The monoisotopic (exact) mass is 484 g/mol.